The van der Waals surface area contributed by atoms with Gasteiger partial charge in [-0.05, 0) is 31.9 Å². The fourth-order valence-electron chi connectivity index (χ4n) is 2.10. The maximum Gasteiger partial charge on any atom is 0.183 e. The maximum absolute atomic E-state index is 13.8. The fraction of sp³-hybridized carbons (Fsp3) is 0.462. The summed E-state index contributed by atoms with van der Waals surface area (Å²) < 4.78 is 27.3. The topological polar surface area (TPSA) is 47.3 Å². The molecule has 0 aliphatic carbocycles. The molecule has 1 aromatic carbocycles. The molecular weight excluding hydrogens is 238 g/mol. The molecule has 2 rings (SSSR count). The summed E-state index contributed by atoms with van der Waals surface area (Å²) in [5.74, 6) is -2.09. The first-order valence-corrected chi connectivity index (χ1v) is 5.80. The molecule has 0 radical (unpaired) electrons. The molecule has 1 aliphatic rings. The van der Waals surface area contributed by atoms with Crippen LogP contribution in [0, 0.1) is 23.0 Å². The first-order chi connectivity index (χ1) is 8.44. The van der Waals surface area contributed by atoms with Crippen molar-refractivity contribution < 1.29 is 13.9 Å². The minimum absolute atomic E-state index is 0.155. The van der Waals surface area contributed by atoms with Crippen molar-refractivity contribution in [3.05, 3.63) is 29.3 Å². The van der Waals surface area contributed by atoms with E-state index < -0.39 is 17.2 Å². The minimum Gasteiger partial charge on any atom is -0.390 e. The van der Waals surface area contributed by atoms with Crippen LogP contribution >= 0.6 is 0 Å². The summed E-state index contributed by atoms with van der Waals surface area (Å²) in [6.07, 6.45) is 1.02. The zero-order valence-corrected chi connectivity index (χ0v) is 10.1. The highest BCUT2D eigenvalue weighted by Crippen LogP contribution is 2.29. The van der Waals surface area contributed by atoms with E-state index >= 15 is 0 Å². The number of aliphatic hydroxyl groups is 1. The van der Waals surface area contributed by atoms with Gasteiger partial charge in [-0.2, -0.15) is 5.26 Å². The number of halogens is 2. The molecule has 1 aromatic rings. The van der Waals surface area contributed by atoms with E-state index in [1.165, 1.54) is 12.1 Å². The lowest BCUT2D eigenvalue weighted by atomic mass is 9.93. The Morgan fingerprint density at radius 1 is 1.28 bits per heavy atom. The van der Waals surface area contributed by atoms with Crippen molar-refractivity contribution in [3.8, 4) is 6.07 Å². The summed E-state index contributed by atoms with van der Waals surface area (Å²) in [7, 11) is 0. The van der Waals surface area contributed by atoms with Crippen molar-refractivity contribution in [3.63, 3.8) is 0 Å². The number of nitrogens with zero attached hydrogens (tertiary/aromatic N) is 2. The Bertz CT molecular complexity index is 498. The monoisotopic (exact) mass is 252 g/mol. The highest BCUT2D eigenvalue weighted by Gasteiger charge is 2.29. The molecular formula is C13H14F2N2O. The number of piperidine rings is 1. The van der Waals surface area contributed by atoms with Crippen molar-refractivity contribution >= 4 is 5.69 Å². The highest BCUT2D eigenvalue weighted by atomic mass is 19.2. The molecule has 0 spiro atoms. The summed E-state index contributed by atoms with van der Waals surface area (Å²) in [4.78, 5) is 1.69. The Kier molecular flexibility index (Phi) is 3.22. The second-order valence-corrected chi connectivity index (χ2v) is 4.86. The van der Waals surface area contributed by atoms with Crippen LogP contribution in [0.25, 0.3) is 0 Å². The predicted molar refractivity (Wildman–Crippen MR) is 63.1 cm³/mol. The summed E-state index contributed by atoms with van der Waals surface area (Å²) in [5.41, 5.74) is -0.875. The lowest BCUT2D eigenvalue weighted by Gasteiger charge is -2.37. The van der Waals surface area contributed by atoms with Gasteiger partial charge in [0.1, 0.15) is 6.07 Å². The molecule has 1 saturated heterocycles. The summed E-state index contributed by atoms with van der Waals surface area (Å²) in [5, 5.41) is 18.4. The van der Waals surface area contributed by atoms with Gasteiger partial charge in [0.25, 0.3) is 0 Å². The minimum atomic E-state index is -1.10. The van der Waals surface area contributed by atoms with E-state index in [2.05, 4.69) is 0 Å². The van der Waals surface area contributed by atoms with Gasteiger partial charge in [-0.25, -0.2) is 8.78 Å². The van der Waals surface area contributed by atoms with Gasteiger partial charge in [0.15, 0.2) is 11.6 Å². The van der Waals surface area contributed by atoms with Gasteiger partial charge in [0, 0.05) is 13.1 Å². The van der Waals surface area contributed by atoms with Crippen molar-refractivity contribution in [2.75, 3.05) is 18.0 Å². The second-order valence-electron chi connectivity index (χ2n) is 4.86. The standard InChI is InChI=1S/C13H14F2N2O/c1-13(18)4-6-17(7-5-13)10-3-2-9(8-16)11(14)12(10)15/h2-3,18H,4-7H2,1H3. The van der Waals surface area contributed by atoms with Crippen LogP contribution in [-0.4, -0.2) is 23.8 Å². The summed E-state index contributed by atoms with van der Waals surface area (Å²) in [6.45, 7) is 2.67. The number of nitriles is 1. The average molecular weight is 252 g/mol. The molecule has 1 N–H and O–H groups in total. The Hall–Kier alpha value is -1.67. The van der Waals surface area contributed by atoms with Gasteiger partial charge in [-0.15, -0.1) is 0 Å². The molecule has 0 aromatic heterocycles. The van der Waals surface area contributed by atoms with Crippen molar-refractivity contribution in [1.29, 1.82) is 5.26 Å². The maximum atomic E-state index is 13.8. The normalized spacial score (nSPS) is 18.5. The van der Waals surface area contributed by atoms with Crippen LogP contribution in [0.2, 0.25) is 0 Å². The largest absolute Gasteiger partial charge is 0.390 e. The van der Waals surface area contributed by atoms with Crippen LogP contribution < -0.4 is 4.90 Å². The predicted octanol–water partition coefficient (Wildman–Crippen LogP) is 2.19. The number of anilines is 1. The van der Waals surface area contributed by atoms with Gasteiger partial charge < -0.3 is 10.0 Å². The third-order valence-electron chi connectivity index (χ3n) is 3.36. The van der Waals surface area contributed by atoms with Crippen LogP contribution in [0.15, 0.2) is 12.1 Å². The third-order valence-corrected chi connectivity index (χ3v) is 3.36. The lowest BCUT2D eigenvalue weighted by molar-refractivity contribution is 0.0350. The molecule has 0 amide bonds. The smallest absolute Gasteiger partial charge is 0.183 e. The molecule has 96 valence electrons. The average Bonchev–Trinajstić information content (AvgIpc) is 2.33. The quantitative estimate of drug-likeness (QED) is 0.833. The van der Waals surface area contributed by atoms with E-state index in [1.807, 2.05) is 0 Å². The molecule has 1 heterocycles. The number of hydrogen-bond donors (Lipinski definition) is 1. The van der Waals surface area contributed by atoms with Gasteiger partial charge >= 0.3 is 0 Å². The number of benzene rings is 1. The lowest BCUT2D eigenvalue weighted by Crippen LogP contribution is -2.42. The molecule has 18 heavy (non-hydrogen) atoms. The Balaban J connectivity index is 2.26. The molecule has 5 heteroatoms. The van der Waals surface area contributed by atoms with Crippen LogP contribution in [0.3, 0.4) is 0 Å². The van der Waals surface area contributed by atoms with E-state index in [-0.39, 0.29) is 11.3 Å². The van der Waals surface area contributed by atoms with E-state index in [0.717, 1.165) is 0 Å². The summed E-state index contributed by atoms with van der Waals surface area (Å²) in [6, 6.07) is 4.30. The molecule has 0 atom stereocenters. The molecule has 1 fully saturated rings. The van der Waals surface area contributed by atoms with Crippen molar-refractivity contribution in [2.45, 2.75) is 25.4 Å². The first kappa shape index (κ1) is 12.8. The zero-order chi connectivity index (χ0) is 13.3. The van der Waals surface area contributed by atoms with Crippen LogP contribution in [0.1, 0.15) is 25.3 Å². The van der Waals surface area contributed by atoms with Gasteiger partial charge in [0.05, 0.1) is 16.9 Å². The molecule has 1 aliphatic heterocycles. The molecule has 0 bridgehead atoms. The SMILES string of the molecule is CC1(O)CCN(c2ccc(C#N)c(F)c2F)CC1. The Morgan fingerprint density at radius 3 is 2.44 bits per heavy atom. The van der Waals surface area contributed by atoms with Crippen LogP contribution in [0.4, 0.5) is 14.5 Å². The Morgan fingerprint density at radius 2 is 1.89 bits per heavy atom. The van der Waals surface area contributed by atoms with Gasteiger partial charge in [-0.3, -0.25) is 0 Å². The number of rotatable bonds is 1. The molecule has 0 saturated carbocycles. The van der Waals surface area contributed by atoms with Crippen LogP contribution in [0.5, 0.6) is 0 Å². The van der Waals surface area contributed by atoms with Gasteiger partial charge in [-0.1, -0.05) is 0 Å². The Labute approximate surface area is 104 Å². The first-order valence-electron chi connectivity index (χ1n) is 5.80. The summed E-state index contributed by atoms with van der Waals surface area (Å²) >= 11 is 0. The van der Waals surface area contributed by atoms with Crippen molar-refractivity contribution in [1.82, 2.24) is 0 Å². The van der Waals surface area contributed by atoms with E-state index in [4.69, 9.17) is 5.26 Å². The molecule has 3 nitrogen and oxygen atoms in total. The van der Waals surface area contributed by atoms with E-state index in [0.29, 0.717) is 25.9 Å². The van der Waals surface area contributed by atoms with Crippen molar-refractivity contribution in [2.24, 2.45) is 0 Å². The third kappa shape index (κ3) is 2.29. The van der Waals surface area contributed by atoms with E-state index in [9.17, 15) is 13.9 Å². The fourth-order valence-corrected chi connectivity index (χ4v) is 2.10. The molecule has 0 unspecified atom stereocenters. The second kappa shape index (κ2) is 4.54. The highest BCUT2D eigenvalue weighted by molar-refractivity contribution is 5.52. The van der Waals surface area contributed by atoms with Gasteiger partial charge in [0.2, 0.25) is 0 Å². The van der Waals surface area contributed by atoms with Crippen LogP contribution in [-0.2, 0) is 0 Å². The zero-order valence-electron chi connectivity index (χ0n) is 10.1. The van der Waals surface area contributed by atoms with E-state index in [1.54, 1.807) is 17.9 Å². The number of hydrogen-bond acceptors (Lipinski definition) is 3.